The van der Waals surface area contributed by atoms with E-state index in [0.29, 0.717) is 11.3 Å². The topological polar surface area (TPSA) is 75.3 Å². The Morgan fingerprint density at radius 2 is 1.92 bits per heavy atom. The zero-order chi connectivity index (χ0) is 17.3. The largest absolute Gasteiger partial charge is 0.322 e. The Bertz CT molecular complexity index is 892. The van der Waals surface area contributed by atoms with Crippen LogP contribution in [0.5, 0.6) is 0 Å². The van der Waals surface area contributed by atoms with Crippen molar-refractivity contribution in [1.82, 2.24) is 4.72 Å². The molecule has 0 radical (unpaired) electrons. The first-order valence-electron chi connectivity index (χ1n) is 7.55. The number of carbonyl (C=O) groups excluding carboxylic acids is 1. The first-order valence-corrected chi connectivity index (χ1v) is 9.03. The average molecular weight is 348 g/mol. The summed E-state index contributed by atoms with van der Waals surface area (Å²) in [7, 11) is -3.63. The van der Waals surface area contributed by atoms with Crippen LogP contribution < -0.4 is 10.0 Å². The number of rotatable bonds is 5. The minimum absolute atomic E-state index is 0.0116. The smallest absolute Gasteiger partial charge is 0.255 e. The molecular formula is C17H17FN2O3S. The van der Waals surface area contributed by atoms with Crippen LogP contribution in [0.1, 0.15) is 28.8 Å². The number of anilines is 1. The second-order valence-corrected chi connectivity index (χ2v) is 7.55. The highest BCUT2D eigenvalue weighted by Crippen LogP contribution is 2.23. The van der Waals surface area contributed by atoms with E-state index in [0.717, 1.165) is 12.8 Å². The minimum Gasteiger partial charge on any atom is -0.322 e. The lowest BCUT2D eigenvalue weighted by molar-refractivity contribution is 0.102. The van der Waals surface area contributed by atoms with Crippen LogP contribution >= 0.6 is 0 Å². The number of sulfonamides is 1. The van der Waals surface area contributed by atoms with Gasteiger partial charge in [-0.3, -0.25) is 4.79 Å². The van der Waals surface area contributed by atoms with Gasteiger partial charge in [-0.05, 0) is 55.7 Å². The molecule has 2 aromatic carbocycles. The third-order valence-corrected chi connectivity index (χ3v) is 5.27. The summed E-state index contributed by atoms with van der Waals surface area (Å²) in [5, 5.41) is 2.60. The van der Waals surface area contributed by atoms with Crippen molar-refractivity contribution in [2.75, 3.05) is 5.32 Å². The van der Waals surface area contributed by atoms with E-state index in [1.165, 1.54) is 36.4 Å². The lowest BCUT2D eigenvalue weighted by Crippen LogP contribution is -2.26. The van der Waals surface area contributed by atoms with E-state index < -0.39 is 21.7 Å². The maximum Gasteiger partial charge on any atom is 0.255 e. The summed E-state index contributed by atoms with van der Waals surface area (Å²) >= 11 is 0. The molecule has 1 amide bonds. The van der Waals surface area contributed by atoms with Crippen molar-refractivity contribution >= 4 is 21.6 Å². The van der Waals surface area contributed by atoms with Crippen LogP contribution in [0, 0.1) is 12.7 Å². The fourth-order valence-corrected chi connectivity index (χ4v) is 3.57. The third-order valence-electron chi connectivity index (χ3n) is 3.75. The molecule has 2 N–H and O–H groups in total. The number of hydrogen-bond acceptors (Lipinski definition) is 3. The number of halogens is 1. The average Bonchev–Trinajstić information content (AvgIpc) is 3.34. The van der Waals surface area contributed by atoms with Crippen LogP contribution in [-0.2, 0) is 10.0 Å². The Morgan fingerprint density at radius 1 is 1.17 bits per heavy atom. The normalized spacial score (nSPS) is 14.4. The van der Waals surface area contributed by atoms with E-state index in [1.807, 2.05) is 0 Å². The summed E-state index contributed by atoms with van der Waals surface area (Å²) in [5.74, 6) is -0.951. The van der Waals surface area contributed by atoms with E-state index in [-0.39, 0.29) is 16.5 Å². The molecule has 0 atom stereocenters. The molecule has 0 aliphatic heterocycles. The van der Waals surface area contributed by atoms with Gasteiger partial charge in [0.05, 0.1) is 4.90 Å². The molecule has 2 aromatic rings. The zero-order valence-corrected chi connectivity index (χ0v) is 13.9. The van der Waals surface area contributed by atoms with Crippen LogP contribution in [0.3, 0.4) is 0 Å². The molecule has 0 unspecified atom stereocenters. The molecule has 126 valence electrons. The number of hydrogen-bond donors (Lipinski definition) is 2. The number of amides is 1. The number of aryl methyl sites for hydroxylation is 1. The first-order chi connectivity index (χ1) is 11.3. The highest BCUT2D eigenvalue weighted by Gasteiger charge is 2.28. The molecule has 7 heteroatoms. The van der Waals surface area contributed by atoms with Crippen LogP contribution in [0.25, 0.3) is 0 Å². The van der Waals surface area contributed by atoms with Gasteiger partial charge in [-0.1, -0.05) is 12.1 Å². The lowest BCUT2D eigenvalue weighted by Gasteiger charge is -2.10. The Morgan fingerprint density at radius 3 is 2.62 bits per heavy atom. The molecule has 5 nitrogen and oxygen atoms in total. The standard InChI is InChI=1S/C17H17FN2O3S/c1-11-5-6-13(18)10-16(11)19-17(21)12-3-2-4-15(9-12)24(22,23)20-14-7-8-14/h2-6,9-10,14,20H,7-8H2,1H3,(H,19,21). The maximum atomic E-state index is 13.3. The van der Waals surface area contributed by atoms with Gasteiger partial charge in [0.15, 0.2) is 0 Å². The van der Waals surface area contributed by atoms with Crippen molar-refractivity contribution < 1.29 is 17.6 Å². The highest BCUT2D eigenvalue weighted by atomic mass is 32.2. The van der Waals surface area contributed by atoms with E-state index in [1.54, 1.807) is 13.0 Å². The SMILES string of the molecule is Cc1ccc(F)cc1NC(=O)c1cccc(S(=O)(=O)NC2CC2)c1. The predicted octanol–water partition coefficient (Wildman–Crippen LogP) is 2.83. The summed E-state index contributed by atoms with van der Waals surface area (Å²) in [4.78, 5) is 12.4. The van der Waals surface area contributed by atoms with Gasteiger partial charge in [0.2, 0.25) is 10.0 Å². The van der Waals surface area contributed by atoms with E-state index in [2.05, 4.69) is 10.0 Å². The van der Waals surface area contributed by atoms with E-state index in [4.69, 9.17) is 0 Å². The first kappa shape index (κ1) is 16.6. The summed E-state index contributed by atoms with van der Waals surface area (Å²) in [6.45, 7) is 1.75. The summed E-state index contributed by atoms with van der Waals surface area (Å²) < 4.78 is 40.3. The van der Waals surface area contributed by atoms with Gasteiger partial charge in [-0.25, -0.2) is 17.5 Å². The fourth-order valence-electron chi connectivity index (χ4n) is 2.22. The molecule has 0 heterocycles. The Balaban J connectivity index is 1.82. The predicted molar refractivity (Wildman–Crippen MR) is 88.9 cm³/mol. The molecule has 1 aliphatic carbocycles. The summed E-state index contributed by atoms with van der Waals surface area (Å²) in [6, 6.07) is 9.86. The summed E-state index contributed by atoms with van der Waals surface area (Å²) in [6.07, 6.45) is 1.66. The second-order valence-electron chi connectivity index (χ2n) is 5.84. The molecule has 24 heavy (non-hydrogen) atoms. The molecule has 1 fully saturated rings. The van der Waals surface area contributed by atoms with Crippen LogP contribution in [0.4, 0.5) is 10.1 Å². The molecule has 3 rings (SSSR count). The Hall–Kier alpha value is -2.25. The lowest BCUT2D eigenvalue weighted by atomic mass is 10.1. The molecule has 0 saturated heterocycles. The van der Waals surface area contributed by atoms with Crippen molar-refractivity contribution in [3.8, 4) is 0 Å². The highest BCUT2D eigenvalue weighted by molar-refractivity contribution is 7.89. The molecule has 0 bridgehead atoms. The number of nitrogens with one attached hydrogen (secondary N) is 2. The second kappa shape index (κ2) is 6.33. The monoisotopic (exact) mass is 348 g/mol. The van der Waals surface area contributed by atoms with Crippen LogP contribution in [0.2, 0.25) is 0 Å². The van der Waals surface area contributed by atoms with Gasteiger partial charge < -0.3 is 5.32 Å². The third kappa shape index (κ3) is 3.80. The van der Waals surface area contributed by atoms with Gasteiger partial charge in [0, 0.05) is 17.3 Å². The van der Waals surface area contributed by atoms with Crippen LogP contribution in [-0.4, -0.2) is 20.4 Å². The Kier molecular flexibility index (Phi) is 4.38. The van der Waals surface area contributed by atoms with Gasteiger partial charge in [0.25, 0.3) is 5.91 Å². The maximum absolute atomic E-state index is 13.3. The summed E-state index contributed by atoms with van der Waals surface area (Å²) in [5.41, 5.74) is 1.26. The minimum atomic E-state index is -3.63. The van der Waals surface area contributed by atoms with Crippen LogP contribution in [0.15, 0.2) is 47.4 Å². The van der Waals surface area contributed by atoms with E-state index >= 15 is 0 Å². The molecule has 1 saturated carbocycles. The Labute approximate surface area is 139 Å². The molecule has 1 aliphatic rings. The van der Waals surface area contributed by atoms with Crippen molar-refractivity contribution in [2.45, 2.75) is 30.7 Å². The molecular weight excluding hydrogens is 331 g/mol. The van der Waals surface area contributed by atoms with Crippen molar-refractivity contribution in [1.29, 1.82) is 0 Å². The van der Waals surface area contributed by atoms with Crippen molar-refractivity contribution in [3.05, 3.63) is 59.4 Å². The molecule has 0 aromatic heterocycles. The number of benzene rings is 2. The number of carbonyl (C=O) groups is 1. The van der Waals surface area contributed by atoms with E-state index in [9.17, 15) is 17.6 Å². The molecule has 0 spiro atoms. The zero-order valence-electron chi connectivity index (χ0n) is 13.0. The fraction of sp³-hybridized carbons (Fsp3) is 0.235. The quantitative estimate of drug-likeness (QED) is 0.872. The van der Waals surface area contributed by atoms with Crippen molar-refractivity contribution in [3.63, 3.8) is 0 Å². The van der Waals surface area contributed by atoms with Gasteiger partial charge >= 0.3 is 0 Å². The van der Waals surface area contributed by atoms with Gasteiger partial charge in [-0.2, -0.15) is 0 Å². The van der Waals surface area contributed by atoms with Crippen molar-refractivity contribution in [2.24, 2.45) is 0 Å². The van der Waals surface area contributed by atoms with Gasteiger partial charge in [0.1, 0.15) is 5.82 Å². The van der Waals surface area contributed by atoms with Gasteiger partial charge in [-0.15, -0.1) is 0 Å².